The van der Waals surface area contributed by atoms with Crippen molar-refractivity contribution in [3.05, 3.63) is 0 Å². The molecule has 0 saturated carbocycles. The van der Waals surface area contributed by atoms with Gasteiger partial charge in [-0.1, -0.05) is 0 Å². The van der Waals surface area contributed by atoms with Crippen molar-refractivity contribution in [2.24, 2.45) is 5.92 Å². The van der Waals surface area contributed by atoms with Gasteiger partial charge in [0.25, 0.3) is 0 Å². The van der Waals surface area contributed by atoms with Gasteiger partial charge < -0.3 is 5.32 Å². The average molecular weight is 251 g/mol. The van der Waals surface area contributed by atoms with Gasteiger partial charge in [-0.15, -0.1) is 0 Å². The standard InChI is InChI=1S/C15H29N3/c1-13-11-18-8-3-5-15(18)12-17(13)9-6-14-4-2-7-16-10-14/h13-16H,2-12H2,1H3. The first kappa shape index (κ1) is 12.9. The fourth-order valence-corrected chi connectivity index (χ4v) is 4.08. The molecule has 3 atom stereocenters. The molecule has 0 aromatic carbocycles. The maximum Gasteiger partial charge on any atom is 0.0224 e. The van der Waals surface area contributed by atoms with E-state index in [4.69, 9.17) is 0 Å². The van der Waals surface area contributed by atoms with E-state index in [2.05, 4.69) is 22.0 Å². The molecule has 3 aliphatic rings. The van der Waals surface area contributed by atoms with Gasteiger partial charge in [-0.05, 0) is 71.1 Å². The number of hydrogen-bond acceptors (Lipinski definition) is 3. The number of hydrogen-bond donors (Lipinski definition) is 1. The molecule has 3 nitrogen and oxygen atoms in total. The Kier molecular flexibility index (Phi) is 4.22. The lowest BCUT2D eigenvalue weighted by molar-refractivity contribution is 0.0545. The first-order valence-corrected chi connectivity index (χ1v) is 8.02. The molecule has 0 bridgehead atoms. The molecule has 3 rings (SSSR count). The minimum Gasteiger partial charge on any atom is -0.316 e. The second kappa shape index (κ2) is 5.89. The van der Waals surface area contributed by atoms with Crippen LogP contribution in [-0.4, -0.2) is 61.2 Å². The van der Waals surface area contributed by atoms with Crippen LogP contribution in [0, 0.1) is 5.92 Å². The Morgan fingerprint density at radius 1 is 1.17 bits per heavy atom. The summed E-state index contributed by atoms with van der Waals surface area (Å²) in [7, 11) is 0. The van der Waals surface area contributed by atoms with Crippen LogP contribution < -0.4 is 5.32 Å². The van der Waals surface area contributed by atoms with Crippen LogP contribution in [0.25, 0.3) is 0 Å². The van der Waals surface area contributed by atoms with Gasteiger partial charge in [-0.3, -0.25) is 9.80 Å². The van der Waals surface area contributed by atoms with Gasteiger partial charge in [0, 0.05) is 25.2 Å². The highest BCUT2D eigenvalue weighted by molar-refractivity contribution is 4.90. The van der Waals surface area contributed by atoms with E-state index in [1.165, 1.54) is 71.4 Å². The Bertz CT molecular complexity index is 262. The van der Waals surface area contributed by atoms with Crippen LogP contribution in [-0.2, 0) is 0 Å². The Hall–Kier alpha value is -0.120. The number of nitrogens with one attached hydrogen (secondary N) is 1. The van der Waals surface area contributed by atoms with Gasteiger partial charge in [0.2, 0.25) is 0 Å². The maximum atomic E-state index is 3.54. The lowest BCUT2D eigenvalue weighted by Gasteiger charge is -2.43. The Morgan fingerprint density at radius 2 is 2.11 bits per heavy atom. The summed E-state index contributed by atoms with van der Waals surface area (Å²) in [5.41, 5.74) is 0. The molecule has 0 radical (unpaired) electrons. The van der Waals surface area contributed by atoms with Crippen LogP contribution in [0.1, 0.15) is 39.0 Å². The van der Waals surface area contributed by atoms with Crippen LogP contribution in [0.4, 0.5) is 0 Å². The predicted molar refractivity (Wildman–Crippen MR) is 75.8 cm³/mol. The van der Waals surface area contributed by atoms with Gasteiger partial charge in [-0.2, -0.15) is 0 Å². The van der Waals surface area contributed by atoms with Crippen LogP contribution in [0.2, 0.25) is 0 Å². The van der Waals surface area contributed by atoms with Gasteiger partial charge in [0.05, 0.1) is 0 Å². The third-order valence-corrected chi connectivity index (χ3v) is 5.29. The topological polar surface area (TPSA) is 18.5 Å². The molecule has 3 heteroatoms. The van der Waals surface area contributed by atoms with Crippen LogP contribution in [0.3, 0.4) is 0 Å². The first-order valence-electron chi connectivity index (χ1n) is 8.02. The van der Waals surface area contributed by atoms with Crippen molar-refractivity contribution in [2.45, 2.75) is 51.1 Å². The van der Waals surface area contributed by atoms with E-state index in [0.29, 0.717) is 0 Å². The lowest BCUT2D eigenvalue weighted by Crippen LogP contribution is -2.55. The normalized spacial score (nSPS) is 38.8. The SMILES string of the molecule is CC1CN2CCCC2CN1CCC1CCCNC1. The van der Waals surface area contributed by atoms with Gasteiger partial charge in [0.15, 0.2) is 0 Å². The third kappa shape index (κ3) is 2.89. The number of rotatable bonds is 3. The molecule has 18 heavy (non-hydrogen) atoms. The Morgan fingerprint density at radius 3 is 2.94 bits per heavy atom. The molecule has 3 heterocycles. The van der Waals surface area contributed by atoms with Crippen molar-refractivity contribution < 1.29 is 0 Å². The Balaban J connectivity index is 1.46. The van der Waals surface area contributed by atoms with E-state index in [9.17, 15) is 0 Å². The molecule has 0 amide bonds. The summed E-state index contributed by atoms with van der Waals surface area (Å²) < 4.78 is 0. The summed E-state index contributed by atoms with van der Waals surface area (Å²) in [4.78, 5) is 5.49. The van der Waals surface area contributed by atoms with Crippen molar-refractivity contribution in [3.8, 4) is 0 Å². The highest BCUT2D eigenvalue weighted by atomic mass is 15.3. The number of nitrogens with zero attached hydrogens (tertiary/aromatic N) is 2. The molecule has 3 aliphatic heterocycles. The quantitative estimate of drug-likeness (QED) is 0.821. The van der Waals surface area contributed by atoms with Crippen molar-refractivity contribution in [1.29, 1.82) is 0 Å². The summed E-state index contributed by atoms with van der Waals surface area (Å²) in [5.74, 6) is 0.938. The monoisotopic (exact) mass is 251 g/mol. The van der Waals surface area contributed by atoms with Crippen molar-refractivity contribution in [2.75, 3.05) is 39.3 Å². The van der Waals surface area contributed by atoms with Crippen molar-refractivity contribution >= 4 is 0 Å². The molecule has 104 valence electrons. The van der Waals surface area contributed by atoms with E-state index < -0.39 is 0 Å². The largest absolute Gasteiger partial charge is 0.316 e. The molecule has 0 aliphatic carbocycles. The molecule has 1 N–H and O–H groups in total. The number of piperidine rings is 1. The minimum absolute atomic E-state index is 0.774. The zero-order valence-corrected chi connectivity index (χ0v) is 11.9. The van der Waals surface area contributed by atoms with Crippen molar-refractivity contribution in [1.82, 2.24) is 15.1 Å². The molecule has 0 aromatic heterocycles. The third-order valence-electron chi connectivity index (χ3n) is 5.29. The zero-order valence-electron chi connectivity index (χ0n) is 11.9. The summed E-state index contributed by atoms with van der Waals surface area (Å²) in [6.07, 6.45) is 7.11. The number of piperazine rings is 1. The smallest absolute Gasteiger partial charge is 0.0224 e. The molecule has 3 fully saturated rings. The molecular formula is C15H29N3. The van der Waals surface area contributed by atoms with E-state index in [0.717, 1.165) is 18.0 Å². The summed E-state index contributed by atoms with van der Waals surface area (Å²) in [6.45, 7) is 10.3. The van der Waals surface area contributed by atoms with E-state index >= 15 is 0 Å². The summed E-state index contributed by atoms with van der Waals surface area (Å²) in [6, 6.07) is 1.65. The highest BCUT2D eigenvalue weighted by Crippen LogP contribution is 2.25. The van der Waals surface area contributed by atoms with Gasteiger partial charge in [0.1, 0.15) is 0 Å². The summed E-state index contributed by atoms with van der Waals surface area (Å²) >= 11 is 0. The molecule has 0 aromatic rings. The second-order valence-corrected chi connectivity index (χ2v) is 6.64. The Labute approximate surface area is 112 Å². The van der Waals surface area contributed by atoms with E-state index in [-0.39, 0.29) is 0 Å². The van der Waals surface area contributed by atoms with Crippen molar-refractivity contribution in [3.63, 3.8) is 0 Å². The van der Waals surface area contributed by atoms with E-state index in [1.54, 1.807) is 0 Å². The number of fused-ring (bicyclic) bond motifs is 1. The average Bonchev–Trinajstić information content (AvgIpc) is 2.84. The molecule has 3 saturated heterocycles. The molecule has 0 spiro atoms. The minimum atomic E-state index is 0.774. The maximum absolute atomic E-state index is 3.54. The predicted octanol–water partition coefficient (Wildman–Crippen LogP) is 1.54. The molecular weight excluding hydrogens is 222 g/mol. The van der Waals surface area contributed by atoms with Crippen LogP contribution in [0.15, 0.2) is 0 Å². The van der Waals surface area contributed by atoms with Gasteiger partial charge >= 0.3 is 0 Å². The first-order chi connectivity index (χ1) is 8.83. The fourth-order valence-electron chi connectivity index (χ4n) is 4.08. The fraction of sp³-hybridized carbons (Fsp3) is 1.00. The highest BCUT2D eigenvalue weighted by Gasteiger charge is 2.34. The van der Waals surface area contributed by atoms with E-state index in [1.807, 2.05) is 0 Å². The summed E-state index contributed by atoms with van der Waals surface area (Å²) in [5, 5.41) is 3.54. The van der Waals surface area contributed by atoms with Gasteiger partial charge in [-0.25, -0.2) is 0 Å². The van der Waals surface area contributed by atoms with Crippen LogP contribution in [0.5, 0.6) is 0 Å². The molecule has 3 unspecified atom stereocenters. The lowest BCUT2D eigenvalue weighted by atomic mass is 9.95. The zero-order chi connectivity index (χ0) is 12.4. The van der Waals surface area contributed by atoms with Crippen LogP contribution >= 0.6 is 0 Å². The second-order valence-electron chi connectivity index (χ2n) is 6.64.